The quantitative estimate of drug-likeness (QED) is 0.856. The minimum atomic E-state index is -0.0475. The van der Waals surface area contributed by atoms with Gasteiger partial charge in [0, 0.05) is 23.6 Å². The summed E-state index contributed by atoms with van der Waals surface area (Å²) >= 11 is 0. The van der Waals surface area contributed by atoms with Crippen LogP contribution < -0.4 is 5.32 Å². The molecule has 1 N–H and O–H groups in total. The highest BCUT2D eigenvalue weighted by atomic mass is 16.1. The summed E-state index contributed by atoms with van der Waals surface area (Å²) in [6.07, 6.45) is 7.63. The van der Waals surface area contributed by atoms with E-state index in [0.717, 1.165) is 37.8 Å². The van der Waals surface area contributed by atoms with Gasteiger partial charge in [0.1, 0.15) is 5.78 Å². The number of nitrogens with one attached hydrogen (secondary N) is 1. The Labute approximate surface area is 109 Å². The van der Waals surface area contributed by atoms with Crippen molar-refractivity contribution in [2.24, 2.45) is 5.41 Å². The molecule has 0 heterocycles. The highest BCUT2D eigenvalue weighted by Gasteiger charge is 2.49. The number of anilines is 1. The molecule has 2 unspecified atom stereocenters. The first-order valence-corrected chi connectivity index (χ1v) is 7.16. The summed E-state index contributed by atoms with van der Waals surface area (Å²) in [6, 6.07) is 10.7. The third-order valence-electron chi connectivity index (χ3n) is 4.73. The first kappa shape index (κ1) is 11.8. The smallest absolute Gasteiger partial charge is 0.141 e. The number of carbonyl (C=O) groups excluding carboxylic acids is 1. The molecule has 0 bridgehead atoms. The van der Waals surface area contributed by atoms with Gasteiger partial charge in [-0.15, -0.1) is 0 Å². The van der Waals surface area contributed by atoms with Crippen LogP contribution in [-0.2, 0) is 4.79 Å². The molecule has 3 rings (SSSR count). The minimum Gasteiger partial charge on any atom is -0.381 e. The van der Waals surface area contributed by atoms with E-state index in [1.807, 2.05) is 18.2 Å². The van der Waals surface area contributed by atoms with Crippen LogP contribution in [-0.4, -0.2) is 11.8 Å². The number of hydrogen-bond acceptors (Lipinski definition) is 2. The molecule has 18 heavy (non-hydrogen) atoms. The molecule has 0 aromatic heterocycles. The summed E-state index contributed by atoms with van der Waals surface area (Å²) in [7, 11) is 0. The number of carbonyl (C=O) groups is 1. The molecular weight excluding hydrogens is 222 g/mol. The Morgan fingerprint density at radius 3 is 2.61 bits per heavy atom. The maximum absolute atomic E-state index is 12.4. The van der Waals surface area contributed by atoms with Crippen LogP contribution in [0.2, 0.25) is 0 Å². The number of benzene rings is 1. The molecule has 0 amide bonds. The molecule has 2 fully saturated rings. The number of rotatable bonds is 2. The molecule has 1 aromatic carbocycles. The van der Waals surface area contributed by atoms with Crippen molar-refractivity contribution < 1.29 is 4.79 Å². The van der Waals surface area contributed by atoms with Gasteiger partial charge in [0.15, 0.2) is 0 Å². The maximum Gasteiger partial charge on any atom is 0.141 e. The number of hydrogen-bond donors (Lipinski definition) is 1. The topological polar surface area (TPSA) is 29.1 Å². The Balaban J connectivity index is 1.80. The average Bonchev–Trinajstić information content (AvgIpc) is 2.79. The SMILES string of the molecule is O=C1CCCCC12CCCC2Nc1ccccc1. The summed E-state index contributed by atoms with van der Waals surface area (Å²) in [6.45, 7) is 0. The van der Waals surface area contributed by atoms with E-state index in [1.54, 1.807) is 0 Å². The second-order valence-corrected chi connectivity index (χ2v) is 5.74. The van der Waals surface area contributed by atoms with Gasteiger partial charge in [-0.05, 0) is 37.8 Å². The number of Topliss-reactive ketones (excluding diaryl/α,β-unsaturated/α-hetero) is 1. The predicted octanol–water partition coefficient (Wildman–Crippen LogP) is 3.78. The van der Waals surface area contributed by atoms with E-state index in [0.29, 0.717) is 11.8 Å². The van der Waals surface area contributed by atoms with Gasteiger partial charge in [0.05, 0.1) is 0 Å². The Kier molecular flexibility index (Phi) is 3.11. The molecule has 2 aliphatic rings. The second kappa shape index (κ2) is 4.75. The molecule has 96 valence electrons. The predicted molar refractivity (Wildman–Crippen MR) is 73.6 cm³/mol. The van der Waals surface area contributed by atoms with E-state index in [4.69, 9.17) is 0 Å². The van der Waals surface area contributed by atoms with Crippen molar-refractivity contribution in [3.8, 4) is 0 Å². The van der Waals surface area contributed by atoms with Crippen molar-refractivity contribution in [2.75, 3.05) is 5.32 Å². The molecule has 2 saturated carbocycles. The molecule has 0 saturated heterocycles. The van der Waals surface area contributed by atoms with Crippen LogP contribution in [0.25, 0.3) is 0 Å². The van der Waals surface area contributed by atoms with Crippen molar-refractivity contribution in [1.29, 1.82) is 0 Å². The van der Waals surface area contributed by atoms with Crippen molar-refractivity contribution in [1.82, 2.24) is 0 Å². The lowest BCUT2D eigenvalue weighted by atomic mass is 9.69. The number of ketones is 1. The molecule has 0 radical (unpaired) electrons. The molecule has 2 atom stereocenters. The van der Waals surface area contributed by atoms with E-state index in [2.05, 4.69) is 17.4 Å². The third-order valence-corrected chi connectivity index (χ3v) is 4.73. The Hall–Kier alpha value is -1.31. The fourth-order valence-electron chi connectivity index (χ4n) is 3.77. The van der Waals surface area contributed by atoms with E-state index in [1.165, 1.54) is 12.8 Å². The lowest BCUT2D eigenvalue weighted by Gasteiger charge is -2.38. The van der Waals surface area contributed by atoms with Gasteiger partial charge < -0.3 is 5.32 Å². The van der Waals surface area contributed by atoms with E-state index >= 15 is 0 Å². The number of para-hydroxylation sites is 1. The van der Waals surface area contributed by atoms with Crippen LogP contribution in [0.1, 0.15) is 44.9 Å². The molecule has 2 nitrogen and oxygen atoms in total. The summed E-state index contributed by atoms with van der Waals surface area (Å²) in [5, 5.41) is 3.61. The highest BCUT2D eigenvalue weighted by molar-refractivity contribution is 5.87. The van der Waals surface area contributed by atoms with Gasteiger partial charge in [-0.25, -0.2) is 0 Å². The standard InChI is InChI=1S/C16H21NO/c18-15-10-4-5-11-16(15)12-6-9-14(16)17-13-7-2-1-3-8-13/h1-3,7-8,14,17H,4-6,9-12H2. The van der Waals surface area contributed by atoms with E-state index in [9.17, 15) is 4.79 Å². The van der Waals surface area contributed by atoms with Crippen molar-refractivity contribution in [2.45, 2.75) is 51.0 Å². The van der Waals surface area contributed by atoms with Gasteiger partial charge in [0.2, 0.25) is 0 Å². The maximum atomic E-state index is 12.4. The van der Waals surface area contributed by atoms with Crippen LogP contribution in [0.3, 0.4) is 0 Å². The Bertz CT molecular complexity index is 428. The highest BCUT2D eigenvalue weighted by Crippen LogP contribution is 2.47. The van der Waals surface area contributed by atoms with Gasteiger partial charge >= 0.3 is 0 Å². The fourth-order valence-corrected chi connectivity index (χ4v) is 3.77. The van der Waals surface area contributed by atoms with E-state index < -0.39 is 0 Å². The minimum absolute atomic E-state index is 0.0475. The molecular formula is C16H21NO. The zero-order chi connectivity index (χ0) is 12.4. The van der Waals surface area contributed by atoms with Crippen LogP contribution in [0, 0.1) is 5.41 Å². The van der Waals surface area contributed by atoms with Gasteiger partial charge in [-0.3, -0.25) is 4.79 Å². The van der Waals surface area contributed by atoms with Gasteiger partial charge in [-0.2, -0.15) is 0 Å². The summed E-state index contributed by atoms with van der Waals surface area (Å²) in [5.41, 5.74) is 1.11. The molecule has 2 aliphatic carbocycles. The van der Waals surface area contributed by atoms with Crippen LogP contribution in [0.15, 0.2) is 30.3 Å². The normalized spacial score (nSPS) is 31.8. The zero-order valence-corrected chi connectivity index (χ0v) is 10.8. The van der Waals surface area contributed by atoms with Gasteiger partial charge in [0.25, 0.3) is 0 Å². The van der Waals surface area contributed by atoms with Crippen molar-refractivity contribution in [3.05, 3.63) is 30.3 Å². The summed E-state index contributed by atoms with van der Waals surface area (Å²) in [4.78, 5) is 12.4. The largest absolute Gasteiger partial charge is 0.381 e. The first-order valence-electron chi connectivity index (χ1n) is 7.16. The molecule has 0 aliphatic heterocycles. The van der Waals surface area contributed by atoms with Crippen LogP contribution >= 0.6 is 0 Å². The van der Waals surface area contributed by atoms with Crippen molar-refractivity contribution in [3.63, 3.8) is 0 Å². The third kappa shape index (κ3) is 1.94. The summed E-state index contributed by atoms with van der Waals surface area (Å²) < 4.78 is 0. The average molecular weight is 243 g/mol. The lowest BCUT2D eigenvalue weighted by Crippen LogP contribution is -2.44. The first-order chi connectivity index (χ1) is 8.81. The second-order valence-electron chi connectivity index (χ2n) is 5.74. The fraction of sp³-hybridized carbons (Fsp3) is 0.562. The van der Waals surface area contributed by atoms with Gasteiger partial charge in [-0.1, -0.05) is 31.0 Å². The lowest BCUT2D eigenvalue weighted by molar-refractivity contribution is -0.131. The molecule has 1 aromatic rings. The zero-order valence-electron chi connectivity index (χ0n) is 10.8. The summed E-state index contributed by atoms with van der Waals surface area (Å²) in [5.74, 6) is 0.514. The molecule has 1 spiro atoms. The van der Waals surface area contributed by atoms with E-state index in [-0.39, 0.29) is 5.41 Å². The van der Waals surface area contributed by atoms with Crippen molar-refractivity contribution >= 4 is 11.5 Å². The monoisotopic (exact) mass is 243 g/mol. The molecule has 2 heteroatoms. The Morgan fingerprint density at radius 1 is 1.06 bits per heavy atom. The van der Waals surface area contributed by atoms with Crippen LogP contribution in [0.5, 0.6) is 0 Å². The Morgan fingerprint density at radius 2 is 1.83 bits per heavy atom. The van der Waals surface area contributed by atoms with Crippen LogP contribution in [0.4, 0.5) is 5.69 Å².